The molecule has 1 aromatic heterocycles. The monoisotopic (exact) mass is 240 g/mol. The molecule has 17 heavy (non-hydrogen) atoms. The molecule has 7 heteroatoms. The van der Waals surface area contributed by atoms with Crippen molar-refractivity contribution < 1.29 is 14.8 Å². The Balaban J connectivity index is 2.60. The highest BCUT2D eigenvalue weighted by molar-refractivity contribution is 5.66. The molecule has 0 unspecified atom stereocenters. The Bertz CT molecular complexity index is 480. The Morgan fingerprint density at radius 1 is 1.47 bits per heavy atom. The van der Waals surface area contributed by atoms with Crippen molar-refractivity contribution in [3.8, 4) is 0 Å². The molecule has 0 aliphatic carbocycles. The van der Waals surface area contributed by atoms with E-state index in [0.717, 1.165) is 6.07 Å². The first-order valence-corrected chi connectivity index (χ1v) is 5.07. The van der Waals surface area contributed by atoms with Crippen molar-refractivity contribution in [3.05, 3.63) is 38.8 Å². The van der Waals surface area contributed by atoms with Crippen LogP contribution in [-0.2, 0) is 11.3 Å². The van der Waals surface area contributed by atoms with Gasteiger partial charge >= 0.3 is 11.7 Å². The van der Waals surface area contributed by atoms with Crippen molar-refractivity contribution in [1.82, 2.24) is 4.57 Å². The van der Waals surface area contributed by atoms with E-state index in [4.69, 9.17) is 5.11 Å². The van der Waals surface area contributed by atoms with Crippen LogP contribution in [0.3, 0.4) is 0 Å². The molecule has 0 aromatic carbocycles. The molecular formula is C10H12N2O5. The molecule has 0 aliphatic heterocycles. The molecule has 1 heterocycles. The number of carboxylic acid groups (broad SMARTS) is 1. The minimum atomic E-state index is -0.865. The smallest absolute Gasteiger partial charge is 0.332 e. The van der Waals surface area contributed by atoms with Crippen LogP contribution < -0.4 is 5.43 Å². The maximum Gasteiger partial charge on any atom is 0.332 e. The van der Waals surface area contributed by atoms with Crippen molar-refractivity contribution >= 4 is 11.7 Å². The largest absolute Gasteiger partial charge is 0.481 e. The molecule has 7 nitrogen and oxygen atoms in total. The zero-order valence-corrected chi connectivity index (χ0v) is 9.04. The lowest BCUT2D eigenvalue weighted by molar-refractivity contribution is -0.386. The number of rotatable bonds is 6. The van der Waals surface area contributed by atoms with E-state index < -0.39 is 22.0 Å². The Labute approximate surface area is 96.5 Å². The Hall–Kier alpha value is -2.18. The van der Waals surface area contributed by atoms with Crippen LogP contribution in [0, 0.1) is 10.1 Å². The second kappa shape index (κ2) is 5.78. The molecule has 92 valence electrons. The predicted molar refractivity (Wildman–Crippen MR) is 58.8 cm³/mol. The van der Waals surface area contributed by atoms with E-state index in [1.165, 1.54) is 17.0 Å². The molecule has 0 saturated carbocycles. The van der Waals surface area contributed by atoms with Gasteiger partial charge in [0.2, 0.25) is 0 Å². The van der Waals surface area contributed by atoms with E-state index in [1.807, 2.05) is 0 Å². The summed E-state index contributed by atoms with van der Waals surface area (Å²) in [5, 5.41) is 18.9. The molecule has 0 spiro atoms. The topological polar surface area (TPSA) is 102 Å². The van der Waals surface area contributed by atoms with E-state index in [-0.39, 0.29) is 6.42 Å². The molecule has 1 N–H and O–H groups in total. The number of carboxylic acids is 1. The minimum Gasteiger partial charge on any atom is -0.481 e. The first-order valence-electron chi connectivity index (χ1n) is 5.07. The lowest BCUT2D eigenvalue weighted by Gasteiger charge is -2.04. The zero-order valence-electron chi connectivity index (χ0n) is 9.04. The van der Waals surface area contributed by atoms with Gasteiger partial charge in [0, 0.05) is 25.2 Å². The fourth-order valence-corrected chi connectivity index (χ4v) is 1.36. The summed E-state index contributed by atoms with van der Waals surface area (Å²) in [6, 6.07) is 1.13. The van der Waals surface area contributed by atoms with E-state index in [0.29, 0.717) is 19.4 Å². The van der Waals surface area contributed by atoms with Crippen molar-refractivity contribution in [1.29, 1.82) is 0 Å². The van der Waals surface area contributed by atoms with Crippen LogP contribution in [0.15, 0.2) is 23.3 Å². The van der Waals surface area contributed by atoms with Gasteiger partial charge in [-0.05, 0) is 12.8 Å². The number of unbranched alkanes of at least 4 members (excludes halogenated alkanes) is 1. The summed E-state index contributed by atoms with van der Waals surface area (Å²) in [6.45, 7) is 0.453. The Morgan fingerprint density at radius 2 is 2.18 bits per heavy atom. The summed E-state index contributed by atoms with van der Waals surface area (Å²) >= 11 is 0. The third-order valence-electron chi connectivity index (χ3n) is 2.21. The molecule has 0 aliphatic rings. The standard InChI is InChI=1S/C10H12N2O5/c13-9-4-6-11(7-8(9)12(16)17)5-2-1-3-10(14)15/h4,6-7H,1-3,5H2,(H,14,15). The average Bonchev–Trinajstić information content (AvgIpc) is 2.25. The van der Waals surface area contributed by atoms with Crippen LogP contribution in [0.4, 0.5) is 5.69 Å². The molecule has 0 bridgehead atoms. The van der Waals surface area contributed by atoms with Gasteiger partial charge in [-0.3, -0.25) is 19.7 Å². The van der Waals surface area contributed by atoms with Crippen molar-refractivity contribution in [2.75, 3.05) is 0 Å². The Morgan fingerprint density at radius 3 is 2.76 bits per heavy atom. The van der Waals surface area contributed by atoms with Gasteiger partial charge in [-0.2, -0.15) is 0 Å². The maximum atomic E-state index is 11.1. The number of aromatic nitrogens is 1. The molecule has 0 atom stereocenters. The molecule has 0 amide bonds. The molecular weight excluding hydrogens is 228 g/mol. The number of nitro groups is 1. The number of nitrogens with zero attached hydrogens (tertiary/aromatic N) is 2. The van der Waals surface area contributed by atoms with Crippen LogP contribution in [-0.4, -0.2) is 20.6 Å². The minimum absolute atomic E-state index is 0.0717. The summed E-state index contributed by atoms with van der Waals surface area (Å²) in [7, 11) is 0. The fraction of sp³-hybridized carbons (Fsp3) is 0.400. The first kappa shape index (κ1) is 12.9. The summed E-state index contributed by atoms with van der Waals surface area (Å²) in [4.78, 5) is 31.1. The SMILES string of the molecule is O=C(O)CCCCn1ccc(=O)c([N+](=O)[O-])c1. The van der Waals surface area contributed by atoms with Crippen LogP contribution in [0.25, 0.3) is 0 Å². The zero-order chi connectivity index (χ0) is 12.8. The van der Waals surface area contributed by atoms with E-state index in [2.05, 4.69) is 0 Å². The van der Waals surface area contributed by atoms with E-state index in [1.54, 1.807) is 0 Å². The quantitative estimate of drug-likeness (QED) is 0.454. The van der Waals surface area contributed by atoms with Gasteiger partial charge in [0.1, 0.15) is 0 Å². The van der Waals surface area contributed by atoms with Gasteiger partial charge in [0.05, 0.1) is 11.1 Å². The van der Waals surface area contributed by atoms with Crippen LogP contribution in [0.5, 0.6) is 0 Å². The lowest BCUT2D eigenvalue weighted by Crippen LogP contribution is -2.11. The highest BCUT2D eigenvalue weighted by atomic mass is 16.6. The molecule has 0 radical (unpaired) electrons. The van der Waals surface area contributed by atoms with Gasteiger partial charge < -0.3 is 9.67 Å². The van der Waals surface area contributed by atoms with Crippen LogP contribution in [0.1, 0.15) is 19.3 Å². The number of aryl methyl sites for hydroxylation is 1. The number of aliphatic carboxylic acids is 1. The van der Waals surface area contributed by atoms with Gasteiger partial charge in [-0.25, -0.2) is 0 Å². The summed E-state index contributed by atoms with van der Waals surface area (Å²) in [6.07, 6.45) is 3.78. The normalized spacial score (nSPS) is 10.1. The van der Waals surface area contributed by atoms with Gasteiger partial charge in [-0.1, -0.05) is 0 Å². The van der Waals surface area contributed by atoms with Crippen LogP contribution >= 0.6 is 0 Å². The molecule has 1 aromatic rings. The number of carbonyl (C=O) groups is 1. The highest BCUT2D eigenvalue weighted by Gasteiger charge is 2.11. The lowest BCUT2D eigenvalue weighted by atomic mass is 10.2. The van der Waals surface area contributed by atoms with Gasteiger partial charge in [0.25, 0.3) is 5.43 Å². The van der Waals surface area contributed by atoms with Gasteiger partial charge in [0.15, 0.2) is 0 Å². The van der Waals surface area contributed by atoms with E-state index >= 15 is 0 Å². The van der Waals surface area contributed by atoms with Crippen molar-refractivity contribution in [2.45, 2.75) is 25.8 Å². The number of pyridine rings is 1. The van der Waals surface area contributed by atoms with Crippen molar-refractivity contribution in [3.63, 3.8) is 0 Å². The summed E-state index contributed by atoms with van der Waals surface area (Å²) in [5.41, 5.74) is -1.09. The van der Waals surface area contributed by atoms with E-state index in [9.17, 15) is 19.7 Å². The second-order valence-electron chi connectivity index (χ2n) is 3.54. The Kier molecular flexibility index (Phi) is 4.38. The summed E-state index contributed by atoms with van der Waals surface area (Å²) < 4.78 is 1.52. The third kappa shape index (κ3) is 4.06. The molecule has 0 saturated heterocycles. The van der Waals surface area contributed by atoms with Crippen molar-refractivity contribution in [2.24, 2.45) is 0 Å². The molecule has 0 fully saturated rings. The fourth-order valence-electron chi connectivity index (χ4n) is 1.36. The third-order valence-corrected chi connectivity index (χ3v) is 2.21. The van der Waals surface area contributed by atoms with Crippen LogP contribution in [0.2, 0.25) is 0 Å². The average molecular weight is 240 g/mol. The predicted octanol–water partition coefficient (Wildman–Crippen LogP) is 1.01. The number of hydrogen-bond donors (Lipinski definition) is 1. The van der Waals surface area contributed by atoms with Gasteiger partial charge in [-0.15, -0.1) is 0 Å². The number of hydrogen-bond acceptors (Lipinski definition) is 4. The first-order chi connectivity index (χ1) is 8.00. The second-order valence-corrected chi connectivity index (χ2v) is 3.54. The highest BCUT2D eigenvalue weighted by Crippen LogP contribution is 2.05. The molecule has 1 rings (SSSR count). The maximum absolute atomic E-state index is 11.1. The summed E-state index contributed by atoms with van der Waals surface area (Å²) in [5.74, 6) is -0.865.